The van der Waals surface area contributed by atoms with E-state index in [1.54, 1.807) is 0 Å². The Labute approximate surface area is 140 Å². The highest BCUT2D eigenvalue weighted by Gasteiger charge is 2.40. The van der Waals surface area contributed by atoms with Crippen LogP contribution < -0.4 is 11.0 Å². The van der Waals surface area contributed by atoms with E-state index in [9.17, 15) is 4.79 Å². The van der Waals surface area contributed by atoms with Gasteiger partial charge in [-0.05, 0) is 24.8 Å². The predicted octanol–water partition coefficient (Wildman–Crippen LogP) is 1.30. The molecule has 3 heterocycles. The van der Waals surface area contributed by atoms with Gasteiger partial charge in [-0.1, -0.05) is 30.4 Å². The Morgan fingerprint density at radius 2 is 2.21 bits per heavy atom. The zero-order chi connectivity index (χ0) is 16.3. The molecule has 5 nitrogen and oxygen atoms in total. The minimum Gasteiger partial charge on any atom is -0.449 e. The highest BCUT2D eigenvalue weighted by molar-refractivity contribution is 6.33. The third-order valence-corrected chi connectivity index (χ3v) is 5.69. The molecule has 1 saturated heterocycles. The summed E-state index contributed by atoms with van der Waals surface area (Å²) in [7, 11) is 2.04. The summed E-state index contributed by atoms with van der Waals surface area (Å²) in [6.45, 7) is 1.86. The number of benzene rings is 1. The fraction of sp³-hybridized carbons (Fsp3) is 0.444. The lowest BCUT2D eigenvalue weighted by Gasteiger charge is -2.50. The number of hydrogen-bond acceptors (Lipinski definition) is 4. The first-order chi connectivity index (χ1) is 11.7. The van der Waals surface area contributed by atoms with E-state index < -0.39 is 0 Å². The summed E-state index contributed by atoms with van der Waals surface area (Å²) < 4.78 is 5.70. The van der Waals surface area contributed by atoms with Crippen molar-refractivity contribution in [2.45, 2.75) is 38.3 Å². The van der Waals surface area contributed by atoms with E-state index in [0.29, 0.717) is 17.1 Å². The number of fused-ring (bicyclic) bond motifs is 4. The van der Waals surface area contributed by atoms with Crippen molar-refractivity contribution in [3.8, 4) is 0 Å². The van der Waals surface area contributed by atoms with Gasteiger partial charge in [0.25, 0.3) is 5.56 Å². The van der Waals surface area contributed by atoms with Gasteiger partial charge in [-0.2, -0.15) is 0 Å². The quantitative estimate of drug-likeness (QED) is 0.723. The average Bonchev–Trinajstić information content (AvgIpc) is 2.91. The first kappa shape index (κ1) is 14.3. The van der Waals surface area contributed by atoms with Gasteiger partial charge in [0.1, 0.15) is 24.8 Å². The molecule has 122 valence electrons. The molecule has 0 spiro atoms. The van der Waals surface area contributed by atoms with Crippen molar-refractivity contribution in [2.75, 3.05) is 6.54 Å². The van der Waals surface area contributed by atoms with Gasteiger partial charge < -0.3 is 9.40 Å². The molecule has 1 saturated carbocycles. The molecule has 1 aliphatic heterocycles. The van der Waals surface area contributed by atoms with Crippen molar-refractivity contribution in [1.29, 1.82) is 0 Å². The zero-order valence-corrected chi connectivity index (χ0v) is 13.8. The lowest BCUT2D eigenvalue weighted by molar-refractivity contribution is -0.0225. The van der Waals surface area contributed by atoms with Crippen LogP contribution in [0, 0.1) is 5.92 Å². The molecule has 1 aromatic carbocycles. The maximum atomic E-state index is 12.4. The van der Waals surface area contributed by atoms with E-state index >= 15 is 0 Å². The Kier molecular flexibility index (Phi) is 3.10. The van der Waals surface area contributed by atoms with Gasteiger partial charge in [0, 0.05) is 18.0 Å². The third-order valence-electron chi connectivity index (χ3n) is 5.69. The van der Waals surface area contributed by atoms with E-state index in [4.69, 9.17) is 9.40 Å². The average molecular weight is 321 g/mol. The molecular formula is C18H20BN3O2. The van der Waals surface area contributed by atoms with Crippen molar-refractivity contribution in [3.05, 3.63) is 34.4 Å². The minimum atomic E-state index is -0.176. The number of hydrogen-bond donors (Lipinski definition) is 1. The summed E-state index contributed by atoms with van der Waals surface area (Å²) in [5.74, 6) is 1.60. The van der Waals surface area contributed by atoms with Crippen LogP contribution in [0.25, 0.3) is 22.1 Å². The van der Waals surface area contributed by atoms with E-state index in [1.807, 2.05) is 26.0 Å². The second-order valence-electron chi connectivity index (χ2n) is 7.33. The number of aromatic amines is 1. The molecule has 2 atom stereocenters. The highest BCUT2D eigenvalue weighted by Crippen LogP contribution is 2.37. The van der Waals surface area contributed by atoms with Crippen molar-refractivity contribution in [1.82, 2.24) is 14.9 Å². The first-order valence-corrected chi connectivity index (χ1v) is 8.85. The standard InChI is InChI=1S/C18H20BN3O2/c19-11-5-6-14-12(7-11)16-17(24-14)18(23)21-15(20-16)9-22-8-10-3-1-2-4-13(10)22/h5-7,10,13H,1-4,8-9,19H2,(H,20,21,23). The minimum absolute atomic E-state index is 0.176. The van der Waals surface area contributed by atoms with Crippen molar-refractivity contribution >= 4 is 35.4 Å². The van der Waals surface area contributed by atoms with Gasteiger partial charge >= 0.3 is 0 Å². The molecule has 6 heteroatoms. The predicted molar refractivity (Wildman–Crippen MR) is 96.5 cm³/mol. The van der Waals surface area contributed by atoms with Crippen molar-refractivity contribution in [2.24, 2.45) is 5.92 Å². The van der Waals surface area contributed by atoms with Gasteiger partial charge in [0.05, 0.1) is 6.54 Å². The van der Waals surface area contributed by atoms with Crippen LogP contribution in [0.2, 0.25) is 0 Å². The highest BCUT2D eigenvalue weighted by atomic mass is 16.3. The van der Waals surface area contributed by atoms with Crippen LogP contribution in [0.1, 0.15) is 31.5 Å². The fourth-order valence-corrected chi connectivity index (χ4v) is 4.44. The molecule has 24 heavy (non-hydrogen) atoms. The van der Waals surface area contributed by atoms with E-state index in [1.165, 1.54) is 25.7 Å². The van der Waals surface area contributed by atoms with E-state index in [-0.39, 0.29) is 5.56 Å². The van der Waals surface area contributed by atoms with Crippen molar-refractivity contribution < 1.29 is 4.42 Å². The lowest BCUT2D eigenvalue weighted by atomic mass is 9.77. The van der Waals surface area contributed by atoms with Crippen LogP contribution in [-0.2, 0) is 6.54 Å². The molecule has 0 amide bonds. The number of nitrogens with zero attached hydrogens (tertiary/aromatic N) is 2. The summed E-state index contributed by atoms with van der Waals surface area (Å²) in [6, 6.07) is 6.62. The van der Waals surface area contributed by atoms with E-state index in [0.717, 1.165) is 41.3 Å². The Balaban J connectivity index is 1.53. The SMILES string of the molecule is Bc1ccc2oc3c(=O)[nH]c(CN4CC5CCCCC54)nc3c2c1. The molecule has 0 bridgehead atoms. The topological polar surface area (TPSA) is 62.1 Å². The summed E-state index contributed by atoms with van der Waals surface area (Å²) in [4.78, 5) is 22.5. The van der Waals surface area contributed by atoms with E-state index in [2.05, 4.69) is 9.88 Å². The Hall–Kier alpha value is -2.08. The third kappa shape index (κ3) is 2.13. The number of H-pyrrole nitrogens is 1. The Bertz CT molecular complexity index is 993. The second kappa shape index (κ2) is 5.21. The lowest BCUT2D eigenvalue weighted by Crippen LogP contribution is -2.56. The van der Waals surface area contributed by atoms with Crippen LogP contribution in [0.4, 0.5) is 0 Å². The number of furan rings is 1. The summed E-state index contributed by atoms with van der Waals surface area (Å²) in [6.07, 6.45) is 5.34. The second-order valence-corrected chi connectivity index (χ2v) is 7.33. The van der Waals surface area contributed by atoms with Gasteiger partial charge in [0.15, 0.2) is 0 Å². The van der Waals surface area contributed by atoms with Gasteiger partial charge in [-0.15, -0.1) is 0 Å². The Morgan fingerprint density at radius 1 is 1.33 bits per heavy atom. The van der Waals surface area contributed by atoms with Crippen LogP contribution in [0.15, 0.2) is 27.4 Å². The van der Waals surface area contributed by atoms with Gasteiger partial charge in [0.2, 0.25) is 5.58 Å². The number of likely N-dealkylation sites (tertiary alicyclic amines) is 1. The molecule has 2 fully saturated rings. The molecule has 2 unspecified atom stereocenters. The molecule has 0 radical (unpaired) electrons. The summed E-state index contributed by atoms with van der Waals surface area (Å²) in [5.41, 5.74) is 2.71. The molecule has 1 aliphatic carbocycles. The van der Waals surface area contributed by atoms with Gasteiger partial charge in [-0.3, -0.25) is 9.69 Å². The zero-order valence-electron chi connectivity index (χ0n) is 13.8. The van der Waals surface area contributed by atoms with Gasteiger partial charge in [-0.25, -0.2) is 4.98 Å². The van der Waals surface area contributed by atoms with Crippen LogP contribution in [-0.4, -0.2) is 35.3 Å². The van der Waals surface area contributed by atoms with Crippen LogP contribution in [0.5, 0.6) is 0 Å². The number of aromatic nitrogens is 2. The smallest absolute Gasteiger partial charge is 0.294 e. The fourth-order valence-electron chi connectivity index (χ4n) is 4.44. The molecule has 1 N–H and O–H groups in total. The first-order valence-electron chi connectivity index (χ1n) is 8.85. The molecule has 2 aliphatic rings. The summed E-state index contributed by atoms with van der Waals surface area (Å²) in [5, 5.41) is 0.927. The van der Waals surface area contributed by atoms with Crippen LogP contribution in [0.3, 0.4) is 0 Å². The summed E-state index contributed by atoms with van der Waals surface area (Å²) >= 11 is 0. The van der Waals surface area contributed by atoms with Crippen LogP contribution >= 0.6 is 0 Å². The molecule has 3 aromatic rings. The monoisotopic (exact) mass is 321 g/mol. The molecule has 5 rings (SSSR count). The maximum absolute atomic E-state index is 12.4. The number of rotatable bonds is 2. The molecule has 2 aromatic heterocycles. The number of nitrogens with one attached hydrogen (secondary N) is 1. The largest absolute Gasteiger partial charge is 0.449 e. The Morgan fingerprint density at radius 3 is 3.08 bits per heavy atom. The maximum Gasteiger partial charge on any atom is 0.294 e. The normalized spacial score (nSPS) is 24.2. The van der Waals surface area contributed by atoms with Crippen molar-refractivity contribution in [3.63, 3.8) is 0 Å². The molecular weight excluding hydrogens is 301 g/mol.